The fraction of sp³-hybridized carbons (Fsp3) is 0.476. The molecule has 0 aliphatic carbocycles. The van der Waals surface area contributed by atoms with Crippen LogP contribution in [-0.4, -0.2) is 37.1 Å². The number of rotatable bonds is 7. The maximum absolute atomic E-state index is 12.2. The summed E-state index contributed by atoms with van der Waals surface area (Å²) >= 11 is 1.77. The van der Waals surface area contributed by atoms with Crippen molar-refractivity contribution >= 4 is 17.4 Å². The summed E-state index contributed by atoms with van der Waals surface area (Å²) in [6.45, 7) is 7.80. The Kier molecular flexibility index (Phi) is 6.69. The van der Waals surface area contributed by atoms with Crippen LogP contribution in [0.4, 0.5) is 4.79 Å². The third-order valence-electron chi connectivity index (χ3n) is 5.09. The van der Waals surface area contributed by atoms with Gasteiger partial charge in [0.05, 0.1) is 6.04 Å². The van der Waals surface area contributed by atoms with E-state index in [4.69, 9.17) is 0 Å². The van der Waals surface area contributed by atoms with Crippen LogP contribution >= 0.6 is 11.3 Å². The third kappa shape index (κ3) is 5.08. The smallest absolute Gasteiger partial charge is 0.314 e. The molecular formula is C21H29N3OS. The molecular weight excluding hydrogens is 342 g/mol. The van der Waals surface area contributed by atoms with Crippen LogP contribution in [-0.2, 0) is 6.42 Å². The van der Waals surface area contributed by atoms with Gasteiger partial charge in [0.25, 0.3) is 0 Å². The summed E-state index contributed by atoms with van der Waals surface area (Å²) in [6, 6.07) is 11.0. The minimum absolute atomic E-state index is 0.0736. The van der Waals surface area contributed by atoms with Crippen LogP contribution in [0.15, 0.2) is 35.7 Å². The van der Waals surface area contributed by atoms with Crippen LogP contribution in [0, 0.1) is 13.8 Å². The van der Waals surface area contributed by atoms with Gasteiger partial charge in [-0.3, -0.25) is 4.90 Å². The first kappa shape index (κ1) is 18.9. The summed E-state index contributed by atoms with van der Waals surface area (Å²) < 4.78 is 0. The van der Waals surface area contributed by atoms with E-state index in [9.17, 15) is 4.79 Å². The van der Waals surface area contributed by atoms with Gasteiger partial charge in [0.2, 0.25) is 0 Å². The van der Waals surface area contributed by atoms with E-state index in [0.717, 1.165) is 19.5 Å². The van der Waals surface area contributed by atoms with E-state index in [2.05, 4.69) is 65.1 Å². The first-order valence-corrected chi connectivity index (χ1v) is 10.4. The van der Waals surface area contributed by atoms with Crippen molar-refractivity contribution in [3.8, 4) is 0 Å². The van der Waals surface area contributed by atoms with Crippen molar-refractivity contribution < 1.29 is 4.79 Å². The van der Waals surface area contributed by atoms with Gasteiger partial charge in [-0.25, -0.2) is 4.79 Å². The molecule has 1 aromatic heterocycles. The second-order valence-electron chi connectivity index (χ2n) is 7.09. The third-order valence-corrected chi connectivity index (χ3v) is 6.06. The number of carbonyl (C=O) groups is 1. The standard InChI is InChI=1S/C21H29N3OS/c1-16-7-8-18(17(2)14-16)9-10-22-21(25)23-15-19(20-6-5-13-26-20)24-11-3-4-12-24/h5-8,13-14,19H,3-4,9-12,15H2,1-2H3,(H2,22,23,25). The quantitative estimate of drug-likeness (QED) is 0.771. The summed E-state index contributed by atoms with van der Waals surface area (Å²) in [7, 11) is 0. The number of hydrogen-bond acceptors (Lipinski definition) is 3. The molecule has 0 bridgehead atoms. The lowest BCUT2D eigenvalue weighted by Gasteiger charge is -2.27. The fourth-order valence-electron chi connectivity index (χ4n) is 3.63. The Balaban J connectivity index is 1.46. The van der Waals surface area contributed by atoms with Crippen molar-refractivity contribution in [2.75, 3.05) is 26.2 Å². The predicted octanol–water partition coefficient (Wildman–Crippen LogP) is 4.04. The Morgan fingerprint density at radius 3 is 2.69 bits per heavy atom. The minimum atomic E-state index is -0.0736. The average molecular weight is 372 g/mol. The molecule has 1 atom stereocenters. The van der Waals surface area contributed by atoms with Crippen molar-refractivity contribution in [1.82, 2.24) is 15.5 Å². The second-order valence-corrected chi connectivity index (χ2v) is 8.07. The van der Waals surface area contributed by atoms with Crippen LogP contribution in [0.5, 0.6) is 0 Å². The van der Waals surface area contributed by atoms with Gasteiger partial charge in [-0.05, 0) is 68.8 Å². The maximum Gasteiger partial charge on any atom is 0.314 e. The Bertz CT molecular complexity index is 708. The topological polar surface area (TPSA) is 44.4 Å². The molecule has 1 aromatic carbocycles. The average Bonchev–Trinajstić information content (AvgIpc) is 3.31. The predicted molar refractivity (Wildman–Crippen MR) is 109 cm³/mol. The fourth-order valence-corrected chi connectivity index (χ4v) is 4.49. The number of aryl methyl sites for hydroxylation is 2. The lowest BCUT2D eigenvalue weighted by atomic mass is 10.0. The number of thiophene rings is 1. The van der Waals surface area contributed by atoms with E-state index in [1.165, 1.54) is 34.4 Å². The van der Waals surface area contributed by atoms with E-state index >= 15 is 0 Å². The van der Waals surface area contributed by atoms with Gasteiger partial charge in [0.15, 0.2) is 0 Å². The van der Waals surface area contributed by atoms with Crippen LogP contribution in [0.2, 0.25) is 0 Å². The van der Waals surface area contributed by atoms with Crippen LogP contribution in [0.1, 0.15) is 40.5 Å². The van der Waals surface area contributed by atoms with Crippen molar-refractivity contribution in [2.45, 2.75) is 39.2 Å². The van der Waals surface area contributed by atoms with Gasteiger partial charge < -0.3 is 10.6 Å². The van der Waals surface area contributed by atoms with Crippen molar-refractivity contribution in [2.24, 2.45) is 0 Å². The molecule has 2 heterocycles. The SMILES string of the molecule is Cc1ccc(CCNC(=O)NCC(c2cccs2)N2CCCC2)c(C)c1. The van der Waals surface area contributed by atoms with Crippen LogP contribution in [0.3, 0.4) is 0 Å². The van der Waals surface area contributed by atoms with Crippen molar-refractivity contribution in [3.05, 3.63) is 57.3 Å². The first-order chi connectivity index (χ1) is 12.6. The molecule has 140 valence electrons. The van der Waals surface area contributed by atoms with Gasteiger partial charge in [-0.2, -0.15) is 0 Å². The molecule has 3 rings (SSSR count). The Morgan fingerprint density at radius 2 is 2.00 bits per heavy atom. The van der Waals surface area contributed by atoms with E-state index in [1.54, 1.807) is 11.3 Å². The van der Waals surface area contributed by atoms with Gasteiger partial charge >= 0.3 is 6.03 Å². The van der Waals surface area contributed by atoms with Crippen molar-refractivity contribution in [1.29, 1.82) is 0 Å². The highest BCUT2D eigenvalue weighted by Crippen LogP contribution is 2.27. The number of benzene rings is 1. The van der Waals surface area contributed by atoms with Gasteiger partial charge in [-0.15, -0.1) is 11.3 Å². The number of amides is 2. The summed E-state index contributed by atoms with van der Waals surface area (Å²) in [5, 5.41) is 8.19. The molecule has 2 N–H and O–H groups in total. The van der Waals surface area contributed by atoms with E-state index < -0.39 is 0 Å². The minimum Gasteiger partial charge on any atom is -0.338 e. The molecule has 26 heavy (non-hydrogen) atoms. The monoisotopic (exact) mass is 371 g/mol. The molecule has 0 spiro atoms. The molecule has 1 saturated heterocycles. The largest absolute Gasteiger partial charge is 0.338 e. The number of urea groups is 1. The van der Waals surface area contributed by atoms with Crippen LogP contribution < -0.4 is 10.6 Å². The molecule has 0 saturated carbocycles. The Hall–Kier alpha value is -1.85. The lowest BCUT2D eigenvalue weighted by Crippen LogP contribution is -2.42. The molecule has 1 aliphatic heterocycles. The molecule has 1 aliphatic rings. The highest BCUT2D eigenvalue weighted by atomic mass is 32.1. The zero-order valence-electron chi connectivity index (χ0n) is 15.8. The van der Waals surface area contributed by atoms with Gasteiger partial charge in [0, 0.05) is 18.0 Å². The Labute approximate surface area is 160 Å². The zero-order chi connectivity index (χ0) is 18.4. The summed E-state index contributed by atoms with van der Waals surface area (Å²) in [6.07, 6.45) is 3.37. The number of hydrogen-bond donors (Lipinski definition) is 2. The van der Waals surface area contributed by atoms with E-state index in [0.29, 0.717) is 19.1 Å². The second kappa shape index (κ2) is 9.19. The molecule has 1 fully saturated rings. The molecule has 1 unspecified atom stereocenters. The highest BCUT2D eigenvalue weighted by molar-refractivity contribution is 7.10. The van der Waals surface area contributed by atoms with Crippen LogP contribution in [0.25, 0.3) is 0 Å². The van der Waals surface area contributed by atoms with E-state index in [-0.39, 0.29) is 6.03 Å². The van der Waals surface area contributed by atoms with Crippen molar-refractivity contribution in [3.63, 3.8) is 0 Å². The summed E-state index contributed by atoms with van der Waals surface area (Å²) in [4.78, 5) is 16.0. The summed E-state index contributed by atoms with van der Waals surface area (Å²) in [5.41, 5.74) is 3.86. The molecule has 2 amide bonds. The number of carbonyl (C=O) groups excluding carboxylic acids is 1. The molecule has 0 radical (unpaired) electrons. The van der Waals surface area contributed by atoms with E-state index in [1.807, 2.05) is 0 Å². The van der Waals surface area contributed by atoms with Gasteiger partial charge in [0.1, 0.15) is 0 Å². The summed E-state index contributed by atoms with van der Waals surface area (Å²) in [5.74, 6) is 0. The number of likely N-dealkylation sites (tertiary alicyclic amines) is 1. The Morgan fingerprint density at radius 1 is 1.19 bits per heavy atom. The molecule has 2 aromatic rings. The molecule has 5 heteroatoms. The number of nitrogens with one attached hydrogen (secondary N) is 2. The van der Waals surface area contributed by atoms with Gasteiger partial charge in [-0.1, -0.05) is 29.8 Å². The zero-order valence-corrected chi connectivity index (χ0v) is 16.6. The molecule has 4 nitrogen and oxygen atoms in total. The normalized spacial score (nSPS) is 15.8. The number of nitrogens with zero attached hydrogens (tertiary/aromatic N) is 1. The lowest BCUT2D eigenvalue weighted by molar-refractivity contribution is 0.222. The highest BCUT2D eigenvalue weighted by Gasteiger charge is 2.24. The maximum atomic E-state index is 12.2. The first-order valence-electron chi connectivity index (χ1n) is 9.49.